The molecule has 1 aromatic heterocycles. The molecule has 0 amide bonds. The van der Waals surface area contributed by atoms with E-state index in [1.54, 1.807) is 11.7 Å². The predicted octanol–water partition coefficient (Wildman–Crippen LogP) is 3.73. The monoisotopic (exact) mass is 317 g/mol. The van der Waals surface area contributed by atoms with Crippen LogP contribution in [0.25, 0.3) is 0 Å². The van der Waals surface area contributed by atoms with Crippen molar-refractivity contribution < 1.29 is 4.92 Å². The molecule has 1 aromatic rings. The molecule has 5 nitrogen and oxygen atoms in total. The lowest BCUT2D eigenvalue weighted by atomic mass is 9.96. The summed E-state index contributed by atoms with van der Waals surface area (Å²) in [7, 11) is 1.78. The minimum Gasteiger partial charge on any atom is -0.265 e. The van der Waals surface area contributed by atoms with E-state index in [4.69, 9.17) is 0 Å². The Labute approximate surface area is 116 Å². The summed E-state index contributed by atoms with van der Waals surface area (Å²) in [5.74, 6) is 0.142. The third-order valence-corrected chi connectivity index (χ3v) is 3.80. The first-order valence-electron chi connectivity index (χ1n) is 6.16. The summed E-state index contributed by atoms with van der Waals surface area (Å²) in [5.41, 5.74) is 1.48. The van der Waals surface area contributed by atoms with Gasteiger partial charge in [0, 0.05) is 23.7 Å². The summed E-state index contributed by atoms with van der Waals surface area (Å²) in [5, 5.41) is 15.7. The minimum absolute atomic E-state index is 0.0495. The van der Waals surface area contributed by atoms with Crippen LogP contribution in [-0.2, 0) is 7.05 Å². The standard InChI is InChI=1S/C12H20BrN3O2/c1-6-9(8(4)13)11-12(16(17)18)10(7(2)3)14-15(11)5/h7-9H,6H2,1-5H3. The zero-order valence-corrected chi connectivity index (χ0v) is 13.1. The van der Waals surface area contributed by atoms with Gasteiger partial charge in [-0.1, -0.05) is 43.6 Å². The molecule has 0 bridgehead atoms. The van der Waals surface area contributed by atoms with E-state index in [9.17, 15) is 10.1 Å². The fourth-order valence-electron chi connectivity index (χ4n) is 2.27. The van der Waals surface area contributed by atoms with Crippen LogP contribution in [0.4, 0.5) is 5.69 Å². The Morgan fingerprint density at radius 1 is 1.44 bits per heavy atom. The van der Waals surface area contributed by atoms with E-state index in [-0.39, 0.29) is 27.3 Å². The first-order valence-corrected chi connectivity index (χ1v) is 7.08. The Hall–Kier alpha value is -0.910. The van der Waals surface area contributed by atoms with Crippen molar-refractivity contribution >= 4 is 21.6 Å². The fourth-order valence-corrected chi connectivity index (χ4v) is 2.90. The lowest BCUT2D eigenvalue weighted by Crippen LogP contribution is -2.14. The lowest BCUT2D eigenvalue weighted by Gasteiger charge is -2.17. The molecule has 0 aliphatic rings. The largest absolute Gasteiger partial charge is 0.313 e. The molecule has 0 aliphatic heterocycles. The van der Waals surface area contributed by atoms with E-state index in [1.165, 1.54) is 0 Å². The van der Waals surface area contributed by atoms with Crippen molar-refractivity contribution in [3.63, 3.8) is 0 Å². The van der Waals surface area contributed by atoms with Gasteiger partial charge in [0.25, 0.3) is 0 Å². The molecule has 0 aliphatic carbocycles. The molecule has 0 radical (unpaired) electrons. The Kier molecular flexibility index (Phi) is 4.90. The van der Waals surface area contributed by atoms with Crippen molar-refractivity contribution in [1.82, 2.24) is 9.78 Å². The highest BCUT2D eigenvalue weighted by molar-refractivity contribution is 9.09. The maximum Gasteiger partial charge on any atom is 0.313 e. The summed E-state index contributed by atoms with van der Waals surface area (Å²) in [6.45, 7) is 7.91. The topological polar surface area (TPSA) is 61.0 Å². The third kappa shape index (κ3) is 2.74. The number of aromatic nitrogens is 2. The molecule has 102 valence electrons. The second-order valence-corrected chi connectivity index (χ2v) is 6.29. The van der Waals surface area contributed by atoms with Crippen molar-refractivity contribution in [3.05, 3.63) is 21.5 Å². The number of aryl methyl sites for hydroxylation is 1. The van der Waals surface area contributed by atoms with Gasteiger partial charge in [0.05, 0.1) is 4.92 Å². The van der Waals surface area contributed by atoms with Gasteiger partial charge in [-0.25, -0.2) is 0 Å². The molecule has 2 atom stereocenters. The van der Waals surface area contributed by atoms with Gasteiger partial charge in [-0.05, 0) is 6.42 Å². The molecule has 1 rings (SSSR count). The minimum atomic E-state index is -0.296. The van der Waals surface area contributed by atoms with Crippen LogP contribution in [0, 0.1) is 10.1 Å². The van der Waals surface area contributed by atoms with Crippen molar-refractivity contribution in [1.29, 1.82) is 0 Å². The molecule has 2 unspecified atom stereocenters. The van der Waals surface area contributed by atoms with Crippen molar-refractivity contribution in [2.45, 2.75) is 50.8 Å². The maximum atomic E-state index is 11.3. The summed E-state index contributed by atoms with van der Waals surface area (Å²) >= 11 is 3.54. The Bertz CT molecular complexity index is 441. The Balaban J connectivity index is 3.46. The fraction of sp³-hybridized carbons (Fsp3) is 0.750. The zero-order valence-electron chi connectivity index (χ0n) is 11.5. The van der Waals surface area contributed by atoms with Crippen LogP contribution < -0.4 is 0 Å². The van der Waals surface area contributed by atoms with Gasteiger partial charge in [-0.3, -0.25) is 14.8 Å². The van der Waals surface area contributed by atoms with Gasteiger partial charge >= 0.3 is 5.69 Å². The van der Waals surface area contributed by atoms with E-state index < -0.39 is 0 Å². The van der Waals surface area contributed by atoms with Crippen LogP contribution in [0.2, 0.25) is 0 Å². The van der Waals surface area contributed by atoms with Crippen LogP contribution in [0.3, 0.4) is 0 Å². The average Bonchev–Trinajstić information content (AvgIpc) is 2.57. The lowest BCUT2D eigenvalue weighted by molar-refractivity contribution is -0.386. The molecule has 0 saturated carbocycles. The average molecular weight is 318 g/mol. The molecule has 1 heterocycles. The normalized spacial score (nSPS) is 14.8. The van der Waals surface area contributed by atoms with Gasteiger partial charge < -0.3 is 0 Å². The Morgan fingerprint density at radius 3 is 2.33 bits per heavy atom. The van der Waals surface area contributed by atoms with E-state index >= 15 is 0 Å². The van der Waals surface area contributed by atoms with Crippen LogP contribution in [0.5, 0.6) is 0 Å². The molecule has 0 spiro atoms. The van der Waals surface area contributed by atoms with Crippen LogP contribution in [0.15, 0.2) is 0 Å². The third-order valence-electron chi connectivity index (χ3n) is 3.17. The number of hydrogen-bond donors (Lipinski definition) is 0. The molecule has 0 N–H and O–H groups in total. The second-order valence-electron chi connectivity index (χ2n) is 4.85. The Morgan fingerprint density at radius 2 is 2.00 bits per heavy atom. The second kappa shape index (κ2) is 5.82. The van der Waals surface area contributed by atoms with Crippen LogP contribution in [0.1, 0.15) is 57.3 Å². The van der Waals surface area contributed by atoms with Gasteiger partial charge in [0.1, 0.15) is 11.4 Å². The van der Waals surface area contributed by atoms with E-state index in [1.807, 2.05) is 27.7 Å². The predicted molar refractivity (Wildman–Crippen MR) is 75.4 cm³/mol. The molecular weight excluding hydrogens is 298 g/mol. The number of hydrogen-bond acceptors (Lipinski definition) is 3. The zero-order chi connectivity index (χ0) is 14.0. The molecule has 0 aromatic carbocycles. The summed E-state index contributed by atoms with van der Waals surface area (Å²) in [4.78, 5) is 11.2. The number of nitrogens with zero attached hydrogens (tertiary/aromatic N) is 3. The van der Waals surface area contributed by atoms with Gasteiger partial charge in [-0.15, -0.1) is 0 Å². The van der Waals surface area contributed by atoms with E-state index in [2.05, 4.69) is 21.0 Å². The van der Waals surface area contributed by atoms with Crippen LogP contribution in [-0.4, -0.2) is 19.5 Å². The summed E-state index contributed by atoms with van der Waals surface area (Å²) in [6, 6.07) is 0. The number of alkyl halides is 1. The number of rotatable bonds is 5. The van der Waals surface area contributed by atoms with Crippen molar-refractivity contribution in [2.24, 2.45) is 7.05 Å². The first kappa shape index (κ1) is 15.1. The highest BCUT2D eigenvalue weighted by Crippen LogP contribution is 2.38. The van der Waals surface area contributed by atoms with Gasteiger partial charge in [0.15, 0.2) is 0 Å². The molecule has 18 heavy (non-hydrogen) atoms. The first-order chi connectivity index (χ1) is 8.31. The van der Waals surface area contributed by atoms with Gasteiger partial charge in [0.2, 0.25) is 0 Å². The van der Waals surface area contributed by atoms with Crippen molar-refractivity contribution in [3.8, 4) is 0 Å². The molecule has 0 saturated heterocycles. The number of nitro groups is 1. The van der Waals surface area contributed by atoms with Crippen molar-refractivity contribution in [2.75, 3.05) is 0 Å². The highest BCUT2D eigenvalue weighted by atomic mass is 79.9. The van der Waals surface area contributed by atoms with Crippen LogP contribution >= 0.6 is 15.9 Å². The summed E-state index contributed by atoms with van der Waals surface area (Å²) < 4.78 is 1.67. The van der Waals surface area contributed by atoms with E-state index in [0.29, 0.717) is 5.69 Å². The maximum absolute atomic E-state index is 11.3. The SMILES string of the molecule is CCC(c1c([N+](=O)[O-])c(C(C)C)nn1C)C(C)Br. The smallest absolute Gasteiger partial charge is 0.265 e. The molecule has 0 fully saturated rings. The van der Waals surface area contributed by atoms with Gasteiger partial charge in [-0.2, -0.15) is 5.10 Å². The molecule has 6 heteroatoms. The molecular formula is C12H20BrN3O2. The highest BCUT2D eigenvalue weighted by Gasteiger charge is 2.33. The quantitative estimate of drug-likeness (QED) is 0.472. The summed E-state index contributed by atoms with van der Waals surface area (Å²) in [6.07, 6.45) is 0.838. The number of halogens is 1. The van der Waals surface area contributed by atoms with E-state index in [0.717, 1.165) is 12.1 Å².